The number of aromatic carboxylic acids is 1. The van der Waals surface area contributed by atoms with Crippen molar-refractivity contribution >= 4 is 5.97 Å². The van der Waals surface area contributed by atoms with E-state index in [9.17, 15) is 9.90 Å². The molecule has 0 fully saturated rings. The highest BCUT2D eigenvalue weighted by Gasteiger charge is 2.13. The molecular weight excluding hydrogens is 274 g/mol. The molecule has 0 aliphatic rings. The fourth-order valence-corrected chi connectivity index (χ4v) is 2.84. The number of aryl methyl sites for hydroxylation is 1. The average Bonchev–Trinajstić information content (AvgIpc) is 2.48. The van der Waals surface area contributed by atoms with Crippen LogP contribution in [0.4, 0.5) is 0 Å². The molecule has 0 heterocycles. The lowest BCUT2D eigenvalue weighted by Gasteiger charge is -2.13. The van der Waals surface area contributed by atoms with Crippen LogP contribution in [0.2, 0.25) is 0 Å². The smallest absolute Gasteiger partial charge is 0.335 e. The first-order valence-electron chi connectivity index (χ1n) is 8.54. The van der Waals surface area contributed by atoms with Crippen molar-refractivity contribution in [2.75, 3.05) is 0 Å². The van der Waals surface area contributed by atoms with E-state index in [2.05, 4.69) is 19.9 Å². The molecule has 0 aliphatic heterocycles. The van der Waals surface area contributed by atoms with E-state index >= 15 is 0 Å². The van der Waals surface area contributed by atoms with Gasteiger partial charge in [-0.15, -0.1) is 0 Å². The van der Waals surface area contributed by atoms with Gasteiger partial charge in [0.15, 0.2) is 0 Å². The van der Waals surface area contributed by atoms with E-state index in [1.54, 1.807) is 6.07 Å². The van der Waals surface area contributed by atoms with Gasteiger partial charge in [0.2, 0.25) is 0 Å². The number of hydrogen-bond acceptors (Lipinski definition) is 2. The SMILES string of the molecule is CCCCCCc1cccc(C(=O)O)c1CCCCCC.N. The Morgan fingerprint density at radius 2 is 1.50 bits per heavy atom. The van der Waals surface area contributed by atoms with Crippen LogP contribution < -0.4 is 6.15 Å². The van der Waals surface area contributed by atoms with Crippen LogP contribution in [0.15, 0.2) is 18.2 Å². The van der Waals surface area contributed by atoms with E-state index < -0.39 is 5.97 Å². The van der Waals surface area contributed by atoms with Gasteiger partial charge in [0.05, 0.1) is 5.56 Å². The predicted octanol–water partition coefficient (Wildman–Crippen LogP) is 5.79. The third-order valence-corrected chi connectivity index (χ3v) is 4.08. The van der Waals surface area contributed by atoms with Gasteiger partial charge in [0.1, 0.15) is 0 Å². The fraction of sp³-hybridized carbons (Fsp3) is 0.632. The zero-order valence-corrected chi connectivity index (χ0v) is 14.4. The predicted molar refractivity (Wildman–Crippen MR) is 94.1 cm³/mol. The van der Waals surface area contributed by atoms with Crippen molar-refractivity contribution in [2.45, 2.75) is 78.1 Å². The standard InChI is InChI=1S/C19H30O2.H3N/c1-3-5-7-9-12-16-13-11-15-18(19(20)21)17(16)14-10-8-6-4-2;/h11,13,15H,3-10,12,14H2,1-2H3,(H,20,21);1H3. The minimum atomic E-state index is -0.782. The molecule has 0 radical (unpaired) electrons. The summed E-state index contributed by atoms with van der Waals surface area (Å²) >= 11 is 0. The Balaban J connectivity index is 0.00000441. The highest BCUT2D eigenvalue weighted by molar-refractivity contribution is 5.89. The number of unbranched alkanes of at least 4 members (excludes halogenated alkanes) is 6. The van der Waals surface area contributed by atoms with E-state index in [-0.39, 0.29) is 6.15 Å². The molecular formula is C19H33NO2. The van der Waals surface area contributed by atoms with Gasteiger partial charge < -0.3 is 11.3 Å². The zero-order valence-electron chi connectivity index (χ0n) is 14.4. The lowest BCUT2D eigenvalue weighted by Crippen LogP contribution is -2.06. The third-order valence-electron chi connectivity index (χ3n) is 4.08. The second-order valence-electron chi connectivity index (χ2n) is 5.87. The topological polar surface area (TPSA) is 72.3 Å². The van der Waals surface area contributed by atoms with Crippen molar-refractivity contribution in [1.29, 1.82) is 0 Å². The molecule has 0 spiro atoms. The average molecular weight is 307 g/mol. The minimum absolute atomic E-state index is 0. The van der Waals surface area contributed by atoms with Gasteiger partial charge in [-0.25, -0.2) is 4.79 Å². The molecule has 3 nitrogen and oxygen atoms in total. The van der Waals surface area contributed by atoms with Gasteiger partial charge in [-0.1, -0.05) is 64.5 Å². The second kappa shape index (κ2) is 12.2. The molecule has 0 unspecified atom stereocenters. The van der Waals surface area contributed by atoms with Crippen molar-refractivity contribution in [1.82, 2.24) is 6.15 Å². The molecule has 0 aromatic heterocycles. The van der Waals surface area contributed by atoms with Gasteiger partial charge in [-0.05, 0) is 42.9 Å². The van der Waals surface area contributed by atoms with Crippen molar-refractivity contribution < 1.29 is 9.90 Å². The highest BCUT2D eigenvalue weighted by atomic mass is 16.4. The lowest BCUT2D eigenvalue weighted by atomic mass is 9.92. The zero-order chi connectivity index (χ0) is 15.5. The van der Waals surface area contributed by atoms with Crippen LogP contribution in [-0.4, -0.2) is 11.1 Å². The Kier molecular flexibility index (Phi) is 11.5. The first kappa shape index (κ1) is 20.6. The Morgan fingerprint density at radius 1 is 0.909 bits per heavy atom. The lowest BCUT2D eigenvalue weighted by molar-refractivity contribution is 0.0695. The summed E-state index contributed by atoms with van der Waals surface area (Å²) in [7, 11) is 0. The summed E-state index contributed by atoms with van der Waals surface area (Å²) in [6.07, 6.45) is 11.6. The van der Waals surface area contributed by atoms with E-state index in [4.69, 9.17) is 0 Å². The molecule has 1 rings (SSSR count). The Morgan fingerprint density at radius 3 is 2.05 bits per heavy atom. The largest absolute Gasteiger partial charge is 0.478 e. The molecule has 3 heteroatoms. The van der Waals surface area contributed by atoms with Crippen molar-refractivity contribution in [3.8, 4) is 0 Å². The fourth-order valence-electron chi connectivity index (χ4n) is 2.84. The molecule has 0 atom stereocenters. The van der Waals surface area contributed by atoms with Gasteiger partial charge in [0, 0.05) is 0 Å². The molecule has 4 N–H and O–H groups in total. The summed E-state index contributed by atoms with van der Waals surface area (Å²) in [6, 6.07) is 5.77. The van der Waals surface area contributed by atoms with Crippen LogP contribution >= 0.6 is 0 Å². The van der Waals surface area contributed by atoms with Crippen LogP contribution in [0, 0.1) is 0 Å². The maximum Gasteiger partial charge on any atom is 0.335 e. The van der Waals surface area contributed by atoms with Gasteiger partial charge in [-0.2, -0.15) is 0 Å². The molecule has 0 aliphatic carbocycles. The van der Waals surface area contributed by atoms with E-state index in [0.29, 0.717) is 5.56 Å². The van der Waals surface area contributed by atoms with E-state index in [1.807, 2.05) is 6.07 Å². The van der Waals surface area contributed by atoms with E-state index in [1.165, 1.54) is 50.5 Å². The van der Waals surface area contributed by atoms with Crippen LogP contribution in [0.25, 0.3) is 0 Å². The number of benzene rings is 1. The number of hydrogen-bond donors (Lipinski definition) is 2. The first-order chi connectivity index (χ1) is 10.2. The van der Waals surface area contributed by atoms with Gasteiger partial charge >= 0.3 is 5.97 Å². The Hall–Kier alpha value is -1.35. The number of carboxylic acids is 1. The van der Waals surface area contributed by atoms with Gasteiger partial charge in [-0.3, -0.25) is 0 Å². The second-order valence-corrected chi connectivity index (χ2v) is 5.87. The van der Waals surface area contributed by atoms with Crippen molar-refractivity contribution in [2.24, 2.45) is 0 Å². The molecule has 0 saturated heterocycles. The number of carboxylic acid groups (broad SMARTS) is 1. The summed E-state index contributed by atoms with van der Waals surface area (Å²) in [5.74, 6) is -0.782. The molecule has 1 aromatic rings. The monoisotopic (exact) mass is 307 g/mol. The molecule has 0 amide bonds. The molecule has 0 bridgehead atoms. The maximum atomic E-state index is 11.4. The minimum Gasteiger partial charge on any atom is -0.478 e. The third kappa shape index (κ3) is 7.08. The van der Waals surface area contributed by atoms with Crippen LogP contribution in [0.5, 0.6) is 0 Å². The molecule has 126 valence electrons. The molecule has 1 aromatic carbocycles. The highest BCUT2D eigenvalue weighted by Crippen LogP contribution is 2.21. The summed E-state index contributed by atoms with van der Waals surface area (Å²) in [5.41, 5.74) is 2.85. The van der Waals surface area contributed by atoms with Crippen molar-refractivity contribution in [3.05, 3.63) is 34.9 Å². The maximum absolute atomic E-state index is 11.4. The summed E-state index contributed by atoms with van der Waals surface area (Å²) in [4.78, 5) is 11.4. The summed E-state index contributed by atoms with van der Waals surface area (Å²) < 4.78 is 0. The van der Waals surface area contributed by atoms with Crippen LogP contribution in [0.1, 0.15) is 86.7 Å². The van der Waals surface area contributed by atoms with Crippen LogP contribution in [-0.2, 0) is 12.8 Å². The Labute approximate surface area is 135 Å². The number of carbonyl (C=O) groups is 1. The normalized spacial score (nSPS) is 10.3. The molecule has 22 heavy (non-hydrogen) atoms. The van der Waals surface area contributed by atoms with Gasteiger partial charge in [0.25, 0.3) is 0 Å². The Bertz CT molecular complexity index is 429. The van der Waals surface area contributed by atoms with Crippen molar-refractivity contribution in [3.63, 3.8) is 0 Å². The van der Waals surface area contributed by atoms with E-state index in [0.717, 1.165) is 24.8 Å². The van der Waals surface area contributed by atoms with Crippen LogP contribution in [0.3, 0.4) is 0 Å². The molecule has 0 saturated carbocycles. The summed E-state index contributed by atoms with van der Waals surface area (Å²) in [5, 5.41) is 9.40. The first-order valence-corrected chi connectivity index (χ1v) is 8.54. The number of rotatable bonds is 11. The quantitative estimate of drug-likeness (QED) is 0.508. The summed E-state index contributed by atoms with van der Waals surface area (Å²) in [6.45, 7) is 4.41.